The first-order valence-electron chi connectivity index (χ1n) is 9.16. The summed E-state index contributed by atoms with van der Waals surface area (Å²) < 4.78 is 51.8. The van der Waals surface area contributed by atoms with Gasteiger partial charge >= 0.3 is 6.18 Å². The molecule has 7 nitrogen and oxygen atoms in total. The Morgan fingerprint density at radius 1 is 1.34 bits per heavy atom. The molecule has 4 heterocycles. The topological polar surface area (TPSA) is 83.0 Å². The van der Waals surface area contributed by atoms with Crippen molar-refractivity contribution in [3.63, 3.8) is 0 Å². The second-order valence-corrected chi connectivity index (χ2v) is 6.96. The summed E-state index contributed by atoms with van der Waals surface area (Å²) in [4.78, 5) is 26.3. The maximum absolute atomic E-state index is 14.5. The lowest BCUT2D eigenvalue weighted by atomic mass is 10.0. The number of alkyl halides is 3. The molecule has 1 unspecified atom stereocenters. The van der Waals surface area contributed by atoms with Crippen LogP contribution in [-0.4, -0.2) is 52.7 Å². The van der Waals surface area contributed by atoms with Crippen molar-refractivity contribution in [1.82, 2.24) is 20.3 Å². The maximum atomic E-state index is 14.5. The first-order chi connectivity index (χ1) is 13.8. The molecule has 4 rings (SSSR count). The minimum absolute atomic E-state index is 0.0722. The smallest absolute Gasteiger partial charge is 0.369 e. The van der Waals surface area contributed by atoms with Gasteiger partial charge in [-0.1, -0.05) is 6.07 Å². The molecule has 2 aromatic rings. The molecule has 0 aliphatic carbocycles. The van der Waals surface area contributed by atoms with Crippen LogP contribution in [0.5, 0.6) is 0 Å². The van der Waals surface area contributed by atoms with E-state index in [0.717, 1.165) is 11.8 Å². The van der Waals surface area contributed by atoms with Gasteiger partial charge in [-0.05, 0) is 18.9 Å². The second-order valence-electron chi connectivity index (χ2n) is 6.96. The van der Waals surface area contributed by atoms with Gasteiger partial charge in [-0.2, -0.15) is 13.2 Å². The van der Waals surface area contributed by atoms with Crippen LogP contribution in [0, 0.1) is 5.82 Å². The molecule has 0 radical (unpaired) electrons. The molecule has 0 bridgehead atoms. The number of halogens is 4. The van der Waals surface area contributed by atoms with Crippen molar-refractivity contribution in [2.75, 3.05) is 29.9 Å². The Bertz CT molecular complexity index is 921. The molecule has 2 atom stereocenters. The van der Waals surface area contributed by atoms with E-state index in [9.17, 15) is 22.4 Å². The molecule has 2 aliphatic heterocycles. The summed E-state index contributed by atoms with van der Waals surface area (Å²) in [5, 5.41) is 5.02. The summed E-state index contributed by atoms with van der Waals surface area (Å²) in [6.45, 7) is -0.614. The molecular weight excluding hydrogens is 392 g/mol. The van der Waals surface area contributed by atoms with Crippen molar-refractivity contribution in [3.8, 4) is 0 Å². The number of amides is 1. The fourth-order valence-corrected chi connectivity index (χ4v) is 3.72. The molecule has 2 aromatic heterocycles. The third-order valence-corrected chi connectivity index (χ3v) is 5.03. The number of aromatic nitrogens is 3. The van der Waals surface area contributed by atoms with Gasteiger partial charge in [0.25, 0.3) is 0 Å². The Balaban J connectivity index is 1.58. The van der Waals surface area contributed by atoms with Gasteiger partial charge in [0.1, 0.15) is 24.2 Å². The van der Waals surface area contributed by atoms with Crippen LogP contribution in [0.15, 0.2) is 24.5 Å². The Hall–Kier alpha value is -2.98. The molecule has 0 saturated carbocycles. The standard InChI is InChI=1S/C18H18F4N6O/c19-12-8-25-15(11-7-24-14-10(11)3-1-5-23-14)27-16(12)28-6-2-4-13(28)17(29)26-9-18(20,21)22/h1,3,5,8,11,13H,2,4,6-7,9H2,(H,23,24)(H,26,29)/t11?,13-/m0/s1. The Kier molecular flexibility index (Phi) is 4.97. The van der Waals surface area contributed by atoms with E-state index in [1.54, 1.807) is 12.3 Å². The first kappa shape index (κ1) is 19.3. The van der Waals surface area contributed by atoms with E-state index in [1.165, 1.54) is 4.90 Å². The predicted octanol–water partition coefficient (Wildman–Crippen LogP) is 2.22. The number of rotatable bonds is 4. The van der Waals surface area contributed by atoms with Crippen molar-refractivity contribution in [3.05, 3.63) is 41.7 Å². The number of carbonyl (C=O) groups excluding carboxylic acids is 1. The lowest BCUT2D eigenvalue weighted by Crippen LogP contribution is -2.46. The van der Waals surface area contributed by atoms with E-state index in [0.29, 0.717) is 37.6 Å². The number of hydrogen-bond donors (Lipinski definition) is 2. The van der Waals surface area contributed by atoms with Gasteiger partial charge in [0.15, 0.2) is 11.6 Å². The average Bonchev–Trinajstić information content (AvgIpc) is 3.33. The number of nitrogens with one attached hydrogen (secondary N) is 2. The normalized spacial score (nSPS) is 21.0. The largest absolute Gasteiger partial charge is 0.405 e. The molecule has 1 amide bonds. The molecule has 0 aromatic carbocycles. The summed E-state index contributed by atoms with van der Waals surface area (Å²) >= 11 is 0. The van der Waals surface area contributed by atoms with Crippen molar-refractivity contribution in [2.45, 2.75) is 31.0 Å². The zero-order valence-electron chi connectivity index (χ0n) is 15.2. The van der Waals surface area contributed by atoms with Gasteiger partial charge in [-0.25, -0.2) is 19.3 Å². The molecule has 0 spiro atoms. The Labute approximate surface area is 163 Å². The summed E-state index contributed by atoms with van der Waals surface area (Å²) in [7, 11) is 0. The third kappa shape index (κ3) is 3.94. The molecule has 154 valence electrons. The van der Waals surface area contributed by atoms with Crippen LogP contribution in [0.25, 0.3) is 0 Å². The van der Waals surface area contributed by atoms with E-state index in [2.05, 4.69) is 20.3 Å². The highest BCUT2D eigenvalue weighted by molar-refractivity contribution is 5.85. The summed E-state index contributed by atoms with van der Waals surface area (Å²) in [6, 6.07) is 2.75. The van der Waals surface area contributed by atoms with Gasteiger partial charge in [0.2, 0.25) is 5.91 Å². The quantitative estimate of drug-likeness (QED) is 0.753. The second kappa shape index (κ2) is 7.45. The number of nitrogens with zero attached hydrogens (tertiary/aromatic N) is 4. The van der Waals surface area contributed by atoms with Gasteiger partial charge in [0.05, 0.1) is 12.1 Å². The summed E-state index contributed by atoms with van der Waals surface area (Å²) in [5.74, 6) is -0.757. The van der Waals surface area contributed by atoms with Gasteiger partial charge in [0, 0.05) is 24.8 Å². The first-order valence-corrected chi connectivity index (χ1v) is 9.16. The van der Waals surface area contributed by atoms with Crippen LogP contribution >= 0.6 is 0 Å². The number of anilines is 2. The Morgan fingerprint density at radius 3 is 2.97 bits per heavy atom. The SMILES string of the molecule is O=C(NCC(F)(F)F)[C@@H]1CCCN1c1nc(C2CNc3ncccc32)ncc1F. The van der Waals surface area contributed by atoms with Crippen LogP contribution in [0.1, 0.15) is 30.1 Å². The highest BCUT2D eigenvalue weighted by Crippen LogP contribution is 2.34. The van der Waals surface area contributed by atoms with E-state index in [-0.39, 0.29) is 11.7 Å². The average molecular weight is 410 g/mol. The molecule has 2 N–H and O–H groups in total. The van der Waals surface area contributed by atoms with Crippen LogP contribution in [0.4, 0.5) is 29.2 Å². The molecule has 1 saturated heterocycles. The Morgan fingerprint density at radius 2 is 2.17 bits per heavy atom. The van der Waals surface area contributed by atoms with Crippen molar-refractivity contribution < 1.29 is 22.4 Å². The zero-order valence-corrected chi connectivity index (χ0v) is 15.2. The van der Waals surface area contributed by atoms with Gasteiger partial charge < -0.3 is 15.5 Å². The molecule has 2 aliphatic rings. The van der Waals surface area contributed by atoms with Gasteiger partial charge in [-0.15, -0.1) is 0 Å². The minimum atomic E-state index is -4.51. The molecule has 29 heavy (non-hydrogen) atoms. The zero-order chi connectivity index (χ0) is 20.6. The van der Waals surface area contributed by atoms with Crippen LogP contribution < -0.4 is 15.5 Å². The van der Waals surface area contributed by atoms with Crippen molar-refractivity contribution in [1.29, 1.82) is 0 Å². The highest BCUT2D eigenvalue weighted by Gasteiger charge is 2.36. The molecule has 1 fully saturated rings. The third-order valence-electron chi connectivity index (χ3n) is 5.03. The van der Waals surface area contributed by atoms with Crippen LogP contribution in [-0.2, 0) is 4.79 Å². The lowest BCUT2D eigenvalue weighted by molar-refractivity contribution is -0.139. The van der Waals surface area contributed by atoms with Gasteiger partial charge in [-0.3, -0.25) is 4.79 Å². The summed E-state index contributed by atoms with van der Waals surface area (Å²) in [5.41, 5.74) is 0.881. The lowest BCUT2D eigenvalue weighted by Gasteiger charge is -2.26. The van der Waals surface area contributed by atoms with E-state index in [1.807, 2.05) is 11.4 Å². The van der Waals surface area contributed by atoms with E-state index < -0.39 is 30.5 Å². The highest BCUT2D eigenvalue weighted by atomic mass is 19.4. The molecule has 11 heteroatoms. The fraction of sp³-hybridized carbons (Fsp3) is 0.444. The van der Waals surface area contributed by atoms with Crippen LogP contribution in [0.2, 0.25) is 0 Å². The summed E-state index contributed by atoms with van der Waals surface area (Å²) in [6.07, 6.45) is -0.960. The number of pyridine rings is 1. The fourth-order valence-electron chi connectivity index (χ4n) is 3.72. The van der Waals surface area contributed by atoms with E-state index in [4.69, 9.17) is 0 Å². The van der Waals surface area contributed by atoms with Crippen molar-refractivity contribution >= 4 is 17.5 Å². The number of hydrogen-bond acceptors (Lipinski definition) is 6. The minimum Gasteiger partial charge on any atom is -0.369 e. The van der Waals surface area contributed by atoms with E-state index >= 15 is 0 Å². The number of carbonyl (C=O) groups is 1. The van der Waals surface area contributed by atoms with Crippen molar-refractivity contribution in [2.24, 2.45) is 0 Å². The maximum Gasteiger partial charge on any atom is 0.405 e. The van der Waals surface area contributed by atoms with Crippen LogP contribution in [0.3, 0.4) is 0 Å². The predicted molar refractivity (Wildman–Crippen MR) is 96.0 cm³/mol. The molecular formula is C18H18F4N6O. The number of fused-ring (bicyclic) bond motifs is 1. The monoisotopic (exact) mass is 410 g/mol.